The van der Waals surface area contributed by atoms with E-state index in [1.807, 2.05) is 19.9 Å². The maximum absolute atomic E-state index is 8.94. The zero-order chi connectivity index (χ0) is 6.85. The van der Waals surface area contributed by atoms with Crippen LogP contribution in [0.2, 0.25) is 0 Å². The summed E-state index contributed by atoms with van der Waals surface area (Å²) in [5.74, 6) is 0.345. The van der Waals surface area contributed by atoms with E-state index in [1.54, 1.807) is 12.1 Å². The van der Waals surface area contributed by atoms with Crippen LogP contribution in [-0.4, -0.2) is 5.11 Å². The zero-order valence-corrected chi connectivity index (χ0v) is 8.06. The number of hydrogen-bond acceptors (Lipinski definition) is 1. The molecule has 0 heterocycles. The average Bonchev–Trinajstić information content (AvgIpc) is 1.80. The van der Waals surface area contributed by atoms with Crippen LogP contribution >= 0.6 is 0 Å². The predicted octanol–water partition coefficient (Wildman–Crippen LogP) is 2.01. The minimum atomic E-state index is 0. The minimum absolute atomic E-state index is 0. The summed E-state index contributed by atoms with van der Waals surface area (Å²) in [6.07, 6.45) is 0. The summed E-state index contributed by atoms with van der Waals surface area (Å²) in [6, 6.07) is 5.36. The van der Waals surface area contributed by atoms with Gasteiger partial charge in [0.25, 0.3) is 0 Å². The molecule has 0 saturated heterocycles. The normalized spacial score (nSPS) is 8.60. The van der Waals surface area contributed by atoms with E-state index in [2.05, 4.69) is 0 Å². The van der Waals surface area contributed by atoms with Gasteiger partial charge in [0.1, 0.15) is 5.75 Å². The largest absolute Gasteiger partial charge is 0.508 e. The van der Waals surface area contributed by atoms with E-state index in [1.165, 1.54) is 5.56 Å². The van der Waals surface area contributed by atoms with Gasteiger partial charge in [-0.2, -0.15) is 0 Å². The SMILES string of the molecule is Cc1ccc(O)cc1C.[Sc]. The summed E-state index contributed by atoms with van der Waals surface area (Å²) in [6.45, 7) is 4.00. The van der Waals surface area contributed by atoms with Gasteiger partial charge in [-0.15, -0.1) is 0 Å². The Morgan fingerprint density at radius 1 is 1.10 bits per heavy atom. The van der Waals surface area contributed by atoms with Gasteiger partial charge >= 0.3 is 0 Å². The molecule has 1 N–H and O–H groups in total. The first-order valence-corrected chi connectivity index (χ1v) is 2.96. The van der Waals surface area contributed by atoms with E-state index < -0.39 is 0 Å². The van der Waals surface area contributed by atoms with Crippen molar-refractivity contribution in [1.29, 1.82) is 0 Å². The first kappa shape index (κ1) is 9.89. The first-order chi connectivity index (χ1) is 4.20. The molecule has 0 spiro atoms. The summed E-state index contributed by atoms with van der Waals surface area (Å²) in [4.78, 5) is 0. The summed E-state index contributed by atoms with van der Waals surface area (Å²) in [7, 11) is 0. The molecule has 2 heteroatoms. The average molecular weight is 167 g/mol. The van der Waals surface area contributed by atoms with Crippen molar-refractivity contribution in [2.75, 3.05) is 0 Å². The Hall–Kier alpha value is -0.110. The van der Waals surface area contributed by atoms with E-state index >= 15 is 0 Å². The fourth-order valence-corrected chi connectivity index (χ4v) is 0.726. The van der Waals surface area contributed by atoms with E-state index in [0.717, 1.165) is 5.56 Å². The number of aryl methyl sites for hydroxylation is 2. The fourth-order valence-electron chi connectivity index (χ4n) is 0.726. The molecule has 1 nitrogen and oxygen atoms in total. The third-order valence-corrected chi connectivity index (χ3v) is 1.49. The minimum Gasteiger partial charge on any atom is -0.508 e. The fraction of sp³-hybridized carbons (Fsp3) is 0.250. The Labute approximate surface area is 79.9 Å². The molecular formula is C8H10OSc. The Kier molecular flexibility index (Phi) is 3.87. The van der Waals surface area contributed by atoms with E-state index in [4.69, 9.17) is 5.11 Å². The Bertz CT molecular complexity index is 220. The van der Waals surface area contributed by atoms with Crippen molar-refractivity contribution in [3.8, 4) is 5.75 Å². The van der Waals surface area contributed by atoms with Gasteiger partial charge in [0.05, 0.1) is 0 Å². The zero-order valence-electron chi connectivity index (χ0n) is 6.26. The number of hydrogen-bond donors (Lipinski definition) is 1. The van der Waals surface area contributed by atoms with Gasteiger partial charge in [-0.3, -0.25) is 0 Å². The molecule has 0 bridgehead atoms. The van der Waals surface area contributed by atoms with Gasteiger partial charge in [-0.25, -0.2) is 0 Å². The van der Waals surface area contributed by atoms with Crippen LogP contribution in [-0.2, 0) is 25.8 Å². The van der Waals surface area contributed by atoms with Crippen LogP contribution in [0.4, 0.5) is 0 Å². The number of phenols is 1. The predicted molar refractivity (Wildman–Crippen MR) is 37.6 cm³/mol. The Balaban J connectivity index is 0.000000810. The maximum atomic E-state index is 8.94. The molecule has 51 valence electrons. The van der Waals surface area contributed by atoms with Crippen molar-refractivity contribution in [3.05, 3.63) is 29.3 Å². The first-order valence-electron chi connectivity index (χ1n) is 2.96. The van der Waals surface area contributed by atoms with Gasteiger partial charge in [0.15, 0.2) is 0 Å². The monoisotopic (exact) mass is 167 g/mol. The molecule has 0 aromatic heterocycles. The number of aromatic hydroxyl groups is 1. The van der Waals surface area contributed by atoms with Crippen molar-refractivity contribution in [1.82, 2.24) is 0 Å². The molecule has 0 unspecified atom stereocenters. The molecule has 1 aromatic carbocycles. The van der Waals surface area contributed by atoms with Crippen molar-refractivity contribution >= 4 is 0 Å². The van der Waals surface area contributed by atoms with Crippen LogP contribution < -0.4 is 0 Å². The molecule has 0 aliphatic rings. The summed E-state index contributed by atoms with van der Waals surface area (Å²) < 4.78 is 0. The van der Waals surface area contributed by atoms with Crippen LogP contribution in [0.5, 0.6) is 5.75 Å². The molecule has 1 rings (SSSR count). The standard InChI is InChI=1S/C8H10O.Sc/c1-6-3-4-8(9)5-7(6)2;/h3-5,9H,1-2H3;. The molecule has 1 aromatic rings. The number of rotatable bonds is 0. The van der Waals surface area contributed by atoms with Gasteiger partial charge < -0.3 is 5.11 Å². The number of phenolic OH excluding ortho intramolecular Hbond substituents is 1. The van der Waals surface area contributed by atoms with Crippen molar-refractivity contribution in [3.63, 3.8) is 0 Å². The van der Waals surface area contributed by atoms with Crippen LogP contribution in [0.15, 0.2) is 18.2 Å². The second-order valence-electron chi connectivity index (χ2n) is 2.27. The maximum Gasteiger partial charge on any atom is 0.115 e. The molecule has 10 heavy (non-hydrogen) atoms. The molecule has 0 amide bonds. The van der Waals surface area contributed by atoms with Gasteiger partial charge in [-0.1, -0.05) is 6.07 Å². The van der Waals surface area contributed by atoms with Gasteiger partial charge in [0, 0.05) is 25.8 Å². The quantitative estimate of drug-likeness (QED) is 0.626. The van der Waals surface area contributed by atoms with Gasteiger partial charge in [0.2, 0.25) is 0 Å². The van der Waals surface area contributed by atoms with Gasteiger partial charge in [-0.05, 0) is 37.1 Å². The van der Waals surface area contributed by atoms with Crippen LogP contribution in [0.3, 0.4) is 0 Å². The van der Waals surface area contributed by atoms with Crippen molar-refractivity contribution in [2.24, 2.45) is 0 Å². The molecule has 0 aliphatic carbocycles. The number of benzene rings is 1. The molecule has 1 radical (unpaired) electrons. The molecule has 0 saturated carbocycles. The van der Waals surface area contributed by atoms with Crippen LogP contribution in [0.1, 0.15) is 11.1 Å². The Morgan fingerprint density at radius 3 is 2.10 bits per heavy atom. The van der Waals surface area contributed by atoms with E-state index in [9.17, 15) is 0 Å². The summed E-state index contributed by atoms with van der Waals surface area (Å²) in [5, 5.41) is 8.94. The molecule has 0 atom stereocenters. The Morgan fingerprint density at radius 2 is 1.70 bits per heavy atom. The van der Waals surface area contributed by atoms with Crippen LogP contribution in [0.25, 0.3) is 0 Å². The third-order valence-electron chi connectivity index (χ3n) is 1.49. The van der Waals surface area contributed by atoms with E-state index in [0.29, 0.717) is 5.75 Å². The van der Waals surface area contributed by atoms with Crippen molar-refractivity contribution < 1.29 is 30.9 Å². The van der Waals surface area contributed by atoms with E-state index in [-0.39, 0.29) is 25.8 Å². The second kappa shape index (κ2) is 3.91. The molecular weight excluding hydrogens is 157 g/mol. The van der Waals surface area contributed by atoms with Crippen LogP contribution in [0, 0.1) is 13.8 Å². The van der Waals surface area contributed by atoms with Crippen molar-refractivity contribution in [2.45, 2.75) is 13.8 Å². The molecule has 0 aliphatic heterocycles. The smallest absolute Gasteiger partial charge is 0.115 e. The third kappa shape index (κ3) is 2.25. The second-order valence-corrected chi connectivity index (χ2v) is 2.27. The summed E-state index contributed by atoms with van der Waals surface area (Å²) in [5.41, 5.74) is 2.35. The topological polar surface area (TPSA) is 20.2 Å². The molecule has 0 fully saturated rings. The summed E-state index contributed by atoms with van der Waals surface area (Å²) >= 11 is 0.